The standard InChI is InChI=1S/C16H22FN3/c1-5-18-10-13-7-8-15(17)14(9-13)16-11(3)19-20(6-2)12(16)4/h7-9,18H,5-6,10H2,1-4H3. The molecule has 0 radical (unpaired) electrons. The van der Waals surface area contributed by atoms with E-state index in [2.05, 4.69) is 17.3 Å². The molecule has 0 spiro atoms. The lowest BCUT2D eigenvalue weighted by molar-refractivity contribution is 0.627. The number of halogens is 1. The van der Waals surface area contributed by atoms with Gasteiger partial charge in [0.1, 0.15) is 5.82 Å². The van der Waals surface area contributed by atoms with Gasteiger partial charge in [-0.2, -0.15) is 5.10 Å². The maximum Gasteiger partial charge on any atom is 0.131 e. The molecule has 1 heterocycles. The van der Waals surface area contributed by atoms with E-state index in [1.54, 1.807) is 6.07 Å². The van der Waals surface area contributed by atoms with E-state index in [4.69, 9.17) is 0 Å². The number of hydrogen-bond acceptors (Lipinski definition) is 2. The molecule has 108 valence electrons. The Morgan fingerprint density at radius 1 is 1.25 bits per heavy atom. The normalized spacial score (nSPS) is 11.1. The van der Waals surface area contributed by atoms with Crippen LogP contribution in [-0.2, 0) is 13.1 Å². The minimum atomic E-state index is -0.188. The Morgan fingerprint density at radius 3 is 2.60 bits per heavy atom. The minimum Gasteiger partial charge on any atom is -0.313 e. The monoisotopic (exact) mass is 275 g/mol. The first-order chi connectivity index (χ1) is 9.58. The average molecular weight is 275 g/mol. The minimum absolute atomic E-state index is 0.188. The summed E-state index contributed by atoms with van der Waals surface area (Å²) < 4.78 is 16.1. The molecule has 0 saturated carbocycles. The van der Waals surface area contributed by atoms with Gasteiger partial charge in [-0.3, -0.25) is 4.68 Å². The zero-order chi connectivity index (χ0) is 14.7. The van der Waals surface area contributed by atoms with Gasteiger partial charge in [0.25, 0.3) is 0 Å². The molecule has 0 unspecified atom stereocenters. The zero-order valence-electron chi connectivity index (χ0n) is 12.6. The van der Waals surface area contributed by atoms with Gasteiger partial charge in [0.2, 0.25) is 0 Å². The van der Waals surface area contributed by atoms with Gasteiger partial charge in [0, 0.05) is 29.9 Å². The second-order valence-corrected chi connectivity index (χ2v) is 4.96. The quantitative estimate of drug-likeness (QED) is 0.906. The molecular weight excluding hydrogens is 253 g/mol. The first-order valence-electron chi connectivity index (χ1n) is 7.12. The van der Waals surface area contributed by atoms with Crippen molar-refractivity contribution in [1.29, 1.82) is 0 Å². The molecule has 0 saturated heterocycles. The summed E-state index contributed by atoms with van der Waals surface area (Å²) in [5.74, 6) is -0.188. The SMILES string of the molecule is CCNCc1ccc(F)c(-c2c(C)nn(CC)c2C)c1. The van der Waals surface area contributed by atoms with Gasteiger partial charge in [-0.1, -0.05) is 13.0 Å². The molecule has 0 aliphatic rings. The maximum absolute atomic E-state index is 14.2. The summed E-state index contributed by atoms with van der Waals surface area (Å²) >= 11 is 0. The van der Waals surface area contributed by atoms with Crippen LogP contribution in [0.15, 0.2) is 18.2 Å². The molecule has 0 aliphatic heterocycles. The second-order valence-electron chi connectivity index (χ2n) is 4.96. The second kappa shape index (κ2) is 6.18. The predicted molar refractivity (Wildman–Crippen MR) is 80.1 cm³/mol. The van der Waals surface area contributed by atoms with E-state index in [1.807, 2.05) is 37.6 Å². The number of aromatic nitrogens is 2. The number of hydrogen-bond donors (Lipinski definition) is 1. The lowest BCUT2D eigenvalue weighted by Crippen LogP contribution is -2.11. The Kier molecular flexibility index (Phi) is 4.55. The zero-order valence-corrected chi connectivity index (χ0v) is 12.6. The van der Waals surface area contributed by atoms with Crippen LogP contribution in [0.5, 0.6) is 0 Å². The highest BCUT2D eigenvalue weighted by molar-refractivity contribution is 5.69. The van der Waals surface area contributed by atoms with Gasteiger partial charge in [-0.05, 0) is 45.0 Å². The van der Waals surface area contributed by atoms with Gasteiger partial charge in [-0.15, -0.1) is 0 Å². The van der Waals surface area contributed by atoms with Crippen molar-refractivity contribution in [2.24, 2.45) is 0 Å². The van der Waals surface area contributed by atoms with Crippen LogP contribution in [0.1, 0.15) is 30.8 Å². The smallest absolute Gasteiger partial charge is 0.131 e. The maximum atomic E-state index is 14.2. The van der Waals surface area contributed by atoms with E-state index in [0.29, 0.717) is 5.56 Å². The Morgan fingerprint density at radius 2 is 2.00 bits per heavy atom. The molecular formula is C16H22FN3. The third-order valence-corrected chi connectivity index (χ3v) is 3.56. The van der Waals surface area contributed by atoms with Crippen molar-refractivity contribution in [2.75, 3.05) is 6.54 Å². The fraction of sp³-hybridized carbons (Fsp3) is 0.438. The van der Waals surface area contributed by atoms with E-state index in [-0.39, 0.29) is 5.82 Å². The third kappa shape index (κ3) is 2.75. The molecule has 1 N–H and O–H groups in total. The van der Waals surface area contributed by atoms with E-state index >= 15 is 0 Å². The first kappa shape index (κ1) is 14.7. The molecule has 0 amide bonds. The molecule has 4 heteroatoms. The van der Waals surface area contributed by atoms with E-state index in [9.17, 15) is 4.39 Å². The number of nitrogens with one attached hydrogen (secondary N) is 1. The number of rotatable bonds is 5. The topological polar surface area (TPSA) is 29.9 Å². The number of benzene rings is 1. The Labute approximate surface area is 119 Å². The molecule has 3 nitrogen and oxygen atoms in total. The van der Waals surface area contributed by atoms with Crippen LogP contribution in [-0.4, -0.2) is 16.3 Å². The molecule has 0 fully saturated rings. The molecule has 0 aliphatic carbocycles. The van der Waals surface area contributed by atoms with Gasteiger partial charge < -0.3 is 5.32 Å². The van der Waals surface area contributed by atoms with Gasteiger partial charge >= 0.3 is 0 Å². The fourth-order valence-electron chi connectivity index (χ4n) is 2.54. The Hall–Kier alpha value is -1.68. The number of aryl methyl sites for hydroxylation is 2. The van der Waals surface area contributed by atoms with Crippen LogP contribution in [0.25, 0.3) is 11.1 Å². The van der Waals surface area contributed by atoms with Crippen molar-refractivity contribution < 1.29 is 4.39 Å². The van der Waals surface area contributed by atoms with E-state index < -0.39 is 0 Å². The molecule has 0 atom stereocenters. The molecule has 2 aromatic rings. The highest BCUT2D eigenvalue weighted by Crippen LogP contribution is 2.30. The van der Waals surface area contributed by atoms with Crippen molar-refractivity contribution in [3.05, 3.63) is 41.0 Å². The van der Waals surface area contributed by atoms with Crippen LogP contribution in [0.3, 0.4) is 0 Å². The van der Waals surface area contributed by atoms with Gasteiger partial charge in [0.05, 0.1) is 5.69 Å². The molecule has 0 bridgehead atoms. The van der Waals surface area contributed by atoms with Crippen molar-refractivity contribution in [3.8, 4) is 11.1 Å². The molecule has 1 aromatic carbocycles. The molecule has 20 heavy (non-hydrogen) atoms. The summed E-state index contributed by atoms with van der Waals surface area (Å²) in [5, 5.41) is 7.74. The van der Waals surface area contributed by atoms with Crippen molar-refractivity contribution in [3.63, 3.8) is 0 Å². The first-order valence-corrected chi connectivity index (χ1v) is 7.12. The number of nitrogens with zero attached hydrogens (tertiary/aromatic N) is 2. The van der Waals surface area contributed by atoms with E-state index in [0.717, 1.165) is 42.1 Å². The molecule has 1 aromatic heterocycles. The predicted octanol–water partition coefficient (Wildman–Crippen LogP) is 3.44. The summed E-state index contributed by atoms with van der Waals surface area (Å²) in [6, 6.07) is 5.30. The lowest BCUT2D eigenvalue weighted by Gasteiger charge is -2.08. The van der Waals surface area contributed by atoms with Crippen LogP contribution >= 0.6 is 0 Å². The van der Waals surface area contributed by atoms with E-state index in [1.165, 1.54) is 0 Å². The summed E-state index contributed by atoms with van der Waals surface area (Å²) in [7, 11) is 0. The average Bonchev–Trinajstić information content (AvgIpc) is 2.73. The van der Waals surface area contributed by atoms with Crippen molar-refractivity contribution in [1.82, 2.24) is 15.1 Å². The van der Waals surface area contributed by atoms with Crippen LogP contribution < -0.4 is 5.32 Å². The Balaban J connectivity index is 2.48. The van der Waals surface area contributed by atoms with Crippen LogP contribution in [0, 0.1) is 19.7 Å². The molecule has 2 rings (SSSR count). The highest BCUT2D eigenvalue weighted by Gasteiger charge is 2.16. The van der Waals surface area contributed by atoms with Gasteiger partial charge in [-0.25, -0.2) is 4.39 Å². The third-order valence-electron chi connectivity index (χ3n) is 3.56. The summed E-state index contributed by atoms with van der Waals surface area (Å²) in [6.45, 7) is 10.5. The highest BCUT2D eigenvalue weighted by atomic mass is 19.1. The summed E-state index contributed by atoms with van der Waals surface area (Å²) in [6.07, 6.45) is 0. The fourth-order valence-corrected chi connectivity index (χ4v) is 2.54. The summed E-state index contributed by atoms with van der Waals surface area (Å²) in [4.78, 5) is 0. The van der Waals surface area contributed by atoms with Crippen LogP contribution in [0.4, 0.5) is 4.39 Å². The lowest BCUT2D eigenvalue weighted by atomic mass is 10.0. The summed E-state index contributed by atoms with van der Waals surface area (Å²) in [5.41, 5.74) is 4.55. The van der Waals surface area contributed by atoms with Gasteiger partial charge in [0.15, 0.2) is 0 Å². The van der Waals surface area contributed by atoms with Crippen molar-refractivity contribution >= 4 is 0 Å². The van der Waals surface area contributed by atoms with Crippen molar-refractivity contribution in [2.45, 2.75) is 40.8 Å². The Bertz CT molecular complexity index is 602. The van der Waals surface area contributed by atoms with Crippen LogP contribution in [0.2, 0.25) is 0 Å². The largest absolute Gasteiger partial charge is 0.313 e.